The predicted molar refractivity (Wildman–Crippen MR) is 76.5 cm³/mol. The minimum absolute atomic E-state index is 0.607. The predicted octanol–water partition coefficient (Wildman–Crippen LogP) is 3.99. The summed E-state index contributed by atoms with van der Waals surface area (Å²) in [6.45, 7) is 2.25. The highest BCUT2D eigenvalue weighted by atomic mass is 32.2. The molecular formula is C14H30O2S. The summed E-state index contributed by atoms with van der Waals surface area (Å²) in [4.78, 5) is 0. The first-order chi connectivity index (χ1) is 8.18. The second kappa shape index (κ2) is 12.6. The van der Waals surface area contributed by atoms with Gasteiger partial charge in [0.15, 0.2) is 0 Å². The van der Waals surface area contributed by atoms with Crippen molar-refractivity contribution < 1.29 is 9.32 Å². The van der Waals surface area contributed by atoms with Gasteiger partial charge in [-0.3, -0.25) is 4.21 Å². The molecule has 0 aliphatic rings. The molecular weight excluding hydrogens is 232 g/mol. The van der Waals surface area contributed by atoms with E-state index < -0.39 is 16.2 Å². The summed E-state index contributed by atoms with van der Waals surface area (Å²) in [7, 11) is -1.07. The van der Waals surface area contributed by atoms with E-state index in [2.05, 4.69) is 6.92 Å². The summed E-state index contributed by atoms with van der Waals surface area (Å²) in [6, 6.07) is 0. The van der Waals surface area contributed by atoms with Crippen LogP contribution in [-0.4, -0.2) is 21.0 Å². The Hall–Kier alpha value is 0.110. The fourth-order valence-electron chi connectivity index (χ4n) is 1.97. The third-order valence-electron chi connectivity index (χ3n) is 3.19. The number of hydrogen-bond donors (Lipinski definition) is 1. The second-order valence-corrected chi connectivity index (χ2v) is 6.47. The summed E-state index contributed by atoms with van der Waals surface area (Å²) in [5, 5.41) is 9.35. The first kappa shape index (κ1) is 17.1. The standard InChI is InChI=1S/C14H30O2S/c1-3-4-5-6-7-8-9-10-11-12-13-14(15)17(2)16/h14-15H,3-13H2,1-2H3. The van der Waals surface area contributed by atoms with E-state index in [0.29, 0.717) is 6.42 Å². The fraction of sp³-hybridized carbons (Fsp3) is 1.00. The Labute approximate surface area is 110 Å². The van der Waals surface area contributed by atoms with Gasteiger partial charge >= 0.3 is 0 Å². The lowest BCUT2D eigenvalue weighted by Crippen LogP contribution is -2.12. The highest BCUT2D eigenvalue weighted by Crippen LogP contribution is 2.12. The molecule has 0 heterocycles. The number of unbranched alkanes of at least 4 members (excludes halogenated alkanes) is 9. The normalized spacial score (nSPS) is 14.8. The van der Waals surface area contributed by atoms with Gasteiger partial charge in [-0.15, -0.1) is 0 Å². The summed E-state index contributed by atoms with van der Waals surface area (Å²) in [5.74, 6) is 0. The maximum atomic E-state index is 10.9. The molecule has 1 N–H and O–H groups in total. The molecule has 0 aliphatic carbocycles. The van der Waals surface area contributed by atoms with E-state index in [1.165, 1.54) is 57.8 Å². The van der Waals surface area contributed by atoms with Crippen molar-refractivity contribution in [2.75, 3.05) is 6.26 Å². The van der Waals surface area contributed by atoms with Gasteiger partial charge in [0.05, 0.1) is 0 Å². The van der Waals surface area contributed by atoms with Gasteiger partial charge in [0.25, 0.3) is 0 Å². The van der Waals surface area contributed by atoms with Crippen molar-refractivity contribution in [3.8, 4) is 0 Å². The molecule has 0 aromatic heterocycles. The molecule has 0 aromatic carbocycles. The molecule has 3 heteroatoms. The minimum atomic E-state index is -1.07. The average molecular weight is 262 g/mol. The number of rotatable bonds is 12. The van der Waals surface area contributed by atoms with Crippen LogP contribution in [-0.2, 0) is 10.8 Å². The molecule has 0 fully saturated rings. The Bertz CT molecular complexity index is 183. The van der Waals surface area contributed by atoms with Gasteiger partial charge < -0.3 is 5.11 Å². The molecule has 0 radical (unpaired) electrons. The molecule has 0 saturated carbocycles. The van der Waals surface area contributed by atoms with Crippen LogP contribution in [0, 0.1) is 0 Å². The van der Waals surface area contributed by atoms with E-state index in [4.69, 9.17) is 0 Å². The molecule has 17 heavy (non-hydrogen) atoms. The number of hydrogen-bond acceptors (Lipinski definition) is 2. The molecule has 0 rings (SSSR count). The SMILES string of the molecule is CCCCCCCCCCCCC(O)S(C)=O. The summed E-state index contributed by atoms with van der Waals surface area (Å²) in [5.41, 5.74) is -0.607. The second-order valence-electron chi connectivity index (χ2n) is 4.92. The minimum Gasteiger partial charge on any atom is -0.380 e. The molecule has 0 amide bonds. The maximum absolute atomic E-state index is 10.9. The fourth-order valence-corrected chi connectivity index (χ4v) is 2.47. The van der Waals surface area contributed by atoms with Crippen molar-refractivity contribution in [3.05, 3.63) is 0 Å². The molecule has 0 aliphatic heterocycles. The topological polar surface area (TPSA) is 37.3 Å². The van der Waals surface area contributed by atoms with Crippen LogP contribution >= 0.6 is 0 Å². The summed E-state index contributed by atoms with van der Waals surface area (Å²) < 4.78 is 10.9. The third kappa shape index (κ3) is 12.4. The Balaban J connectivity index is 3.06. The molecule has 0 saturated heterocycles. The highest BCUT2D eigenvalue weighted by molar-refractivity contribution is 7.84. The van der Waals surface area contributed by atoms with E-state index in [1.54, 1.807) is 6.26 Å². The van der Waals surface area contributed by atoms with Gasteiger partial charge in [-0.05, 0) is 12.8 Å². The summed E-state index contributed by atoms with van der Waals surface area (Å²) in [6.07, 6.45) is 15.2. The Morgan fingerprint density at radius 3 is 1.71 bits per heavy atom. The van der Waals surface area contributed by atoms with Crippen LogP contribution in [0.2, 0.25) is 0 Å². The van der Waals surface area contributed by atoms with Gasteiger partial charge in [-0.1, -0.05) is 64.7 Å². The van der Waals surface area contributed by atoms with Crippen molar-refractivity contribution in [2.24, 2.45) is 0 Å². The molecule has 0 spiro atoms. The first-order valence-electron chi connectivity index (χ1n) is 7.18. The third-order valence-corrected chi connectivity index (χ3v) is 4.19. The molecule has 0 aromatic rings. The van der Waals surface area contributed by atoms with Crippen molar-refractivity contribution in [2.45, 2.75) is 83.0 Å². The first-order valence-corrected chi connectivity index (χ1v) is 8.81. The van der Waals surface area contributed by atoms with Gasteiger partial charge in [0.1, 0.15) is 5.44 Å². The quantitative estimate of drug-likeness (QED) is 0.540. The Kier molecular flexibility index (Phi) is 12.6. The largest absolute Gasteiger partial charge is 0.380 e. The monoisotopic (exact) mass is 262 g/mol. The molecule has 2 nitrogen and oxygen atoms in total. The highest BCUT2D eigenvalue weighted by Gasteiger charge is 2.06. The van der Waals surface area contributed by atoms with E-state index in [-0.39, 0.29) is 0 Å². The zero-order valence-electron chi connectivity index (χ0n) is 11.6. The zero-order chi connectivity index (χ0) is 12.9. The van der Waals surface area contributed by atoms with Crippen LogP contribution in [0.25, 0.3) is 0 Å². The lowest BCUT2D eigenvalue weighted by atomic mass is 10.1. The van der Waals surface area contributed by atoms with Crippen LogP contribution in [0.5, 0.6) is 0 Å². The molecule has 2 atom stereocenters. The summed E-state index contributed by atoms with van der Waals surface area (Å²) >= 11 is 0. The molecule has 104 valence electrons. The smallest absolute Gasteiger partial charge is 0.128 e. The average Bonchev–Trinajstić information content (AvgIpc) is 2.31. The lowest BCUT2D eigenvalue weighted by Gasteiger charge is -2.06. The Morgan fingerprint density at radius 1 is 0.882 bits per heavy atom. The van der Waals surface area contributed by atoms with Crippen LogP contribution in [0.4, 0.5) is 0 Å². The lowest BCUT2D eigenvalue weighted by molar-refractivity contribution is 0.241. The Morgan fingerprint density at radius 2 is 1.29 bits per heavy atom. The van der Waals surface area contributed by atoms with Crippen molar-refractivity contribution >= 4 is 10.8 Å². The number of aliphatic hydroxyl groups excluding tert-OH is 1. The van der Waals surface area contributed by atoms with E-state index in [0.717, 1.165) is 6.42 Å². The van der Waals surface area contributed by atoms with Crippen LogP contribution < -0.4 is 0 Å². The van der Waals surface area contributed by atoms with Gasteiger partial charge in [-0.2, -0.15) is 0 Å². The maximum Gasteiger partial charge on any atom is 0.128 e. The van der Waals surface area contributed by atoms with E-state index in [1.807, 2.05) is 0 Å². The van der Waals surface area contributed by atoms with Crippen molar-refractivity contribution in [1.29, 1.82) is 0 Å². The van der Waals surface area contributed by atoms with Gasteiger partial charge in [-0.25, -0.2) is 0 Å². The zero-order valence-corrected chi connectivity index (χ0v) is 12.4. The van der Waals surface area contributed by atoms with E-state index in [9.17, 15) is 9.32 Å². The van der Waals surface area contributed by atoms with Crippen LogP contribution in [0.1, 0.15) is 77.6 Å². The van der Waals surface area contributed by atoms with Crippen molar-refractivity contribution in [1.82, 2.24) is 0 Å². The van der Waals surface area contributed by atoms with E-state index >= 15 is 0 Å². The van der Waals surface area contributed by atoms with Gasteiger partial charge in [0, 0.05) is 17.1 Å². The van der Waals surface area contributed by atoms with Gasteiger partial charge in [0.2, 0.25) is 0 Å². The van der Waals surface area contributed by atoms with Crippen LogP contribution in [0.3, 0.4) is 0 Å². The molecule has 2 unspecified atom stereocenters. The van der Waals surface area contributed by atoms with Crippen molar-refractivity contribution in [3.63, 3.8) is 0 Å². The molecule has 0 bridgehead atoms. The number of aliphatic hydroxyl groups is 1. The van der Waals surface area contributed by atoms with Crippen LogP contribution in [0.15, 0.2) is 0 Å².